The molecule has 1 saturated heterocycles. The van der Waals surface area contributed by atoms with Crippen LogP contribution in [0.1, 0.15) is 36.7 Å². The van der Waals surface area contributed by atoms with E-state index in [2.05, 4.69) is 10.2 Å². The highest BCUT2D eigenvalue weighted by Gasteiger charge is 2.28. The van der Waals surface area contributed by atoms with Crippen molar-refractivity contribution in [1.82, 2.24) is 15.1 Å². The van der Waals surface area contributed by atoms with E-state index in [-0.39, 0.29) is 17.8 Å². The van der Waals surface area contributed by atoms with Crippen LogP contribution in [0.2, 0.25) is 0 Å². The summed E-state index contributed by atoms with van der Waals surface area (Å²) in [5.41, 5.74) is 2.80. The van der Waals surface area contributed by atoms with Crippen LogP contribution in [0.25, 0.3) is 0 Å². The minimum Gasteiger partial charge on any atom is -0.466 e. The lowest BCUT2D eigenvalue weighted by Gasteiger charge is -2.31. The summed E-state index contributed by atoms with van der Waals surface area (Å²) in [6, 6.07) is 0. The fourth-order valence-electron chi connectivity index (χ4n) is 2.72. The van der Waals surface area contributed by atoms with E-state index >= 15 is 0 Å². The van der Waals surface area contributed by atoms with Gasteiger partial charge < -0.3 is 9.64 Å². The molecule has 2 heterocycles. The van der Waals surface area contributed by atoms with Crippen LogP contribution in [0.4, 0.5) is 0 Å². The molecule has 6 nitrogen and oxygen atoms in total. The van der Waals surface area contributed by atoms with Gasteiger partial charge in [-0.2, -0.15) is 5.10 Å². The minimum atomic E-state index is -0.133. The van der Waals surface area contributed by atoms with Gasteiger partial charge in [-0.1, -0.05) is 0 Å². The minimum absolute atomic E-state index is 0.0635. The molecule has 21 heavy (non-hydrogen) atoms. The number of likely N-dealkylation sites (tertiary alicyclic amines) is 1. The zero-order chi connectivity index (χ0) is 15.4. The number of carbonyl (C=O) groups excluding carboxylic acids is 2. The van der Waals surface area contributed by atoms with Gasteiger partial charge in [-0.3, -0.25) is 14.7 Å². The molecule has 0 aliphatic carbocycles. The van der Waals surface area contributed by atoms with Crippen molar-refractivity contribution >= 4 is 11.9 Å². The van der Waals surface area contributed by atoms with Crippen molar-refractivity contribution in [2.45, 2.75) is 40.0 Å². The number of aromatic nitrogens is 2. The molecule has 0 radical (unpaired) electrons. The number of rotatable bonds is 4. The Morgan fingerprint density at radius 3 is 2.52 bits per heavy atom. The molecular weight excluding hydrogens is 270 g/mol. The molecule has 1 N–H and O–H groups in total. The summed E-state index contributed by atoms with van der Waals surface area (Å²) < 4.78 is 5.04. The topological polar surface area (TPSA) is 75.3 Å². The van der Waals surface area contributed by atoms with Gasteiger partial charge in [0.05, 0.1) is 24.6 Å². The fraction of sp³-hybridized carbons (Fsp3) is 0.667. The Labute approximate surface area is 124 Å². The Morgan fingerprint density at radius 2 is 2.00 bits per heavy atom. The summed E-state index contributed by atoms with van der Waals surface area (Å²) in [6.07, 6.45) is 1.75. The van der Waals surface area contributed by atoms with Crippen LogP contribution in [-0.2, 0) is 20.7 Å². The SMILES string of the molecule is CCOC(=O)C1CCN(C(=O)Cc2c(C)n[nH]c2C)CC1. The normalized spacial score (nSPS) is 16.0. The fourth-order valence-corrected chi connectivity index (χ4v) is 2.72. The lowest BCUT2D eigenvalue weighted by molar-refractivity contribution is -0.151. The average molecular weight is 293 g/mol. The summed E-state index contributed by atoms with van der Waals surface area (Å²) in [7, 11) is 0. The number of ether oxygens (including phenoxy) is 1. The van der Waals surface area contributed by atoms with E-state index in [1.165, 1.54) is 0 Å². The number of esters is 1. The molecule has 1 aromatic heterocycles. The second-order valence-electron chi connectivity index (χ2n) is 5.50. The molecule has 1 aliphatic rings. The van der Waals surface area contributed by atoms with Crippen LogP contribution in [0.15, 0.2) is 0 Å². The highest BCUT2D eigenvalue weighted by molar-refractivity contribution is 5.80. The number of amides is 1. The Bertz CT molecular complexity index is 497. The summed E-state index contributed by atoms with van der Waals surface area (Å²) in [5, 5.41) is 7.01. The van der Waals surface area contributed by atoms with E-state index in [1.807, 2.05) is 25.7 Å². The number of hydrogen-bond acceptors (Lipinski definition) is 4. The van der Waals surface area contributed by atoms with E-state index in [0.29, 0.717) is 39.0 Å². The highest BCUT2D eigenvalue weighted by Crippen LogP contribution is 2.20. The van der Waals surface area contributed by atoms with Crippen LogP contribution < -0.4 is 0 Å². The van der Waals surface area contributed by atoms with Crippen molar-refractivity contribution in [3.63, 3.8) is 0 Å². The number of aromatic amines is 1. The Balaban J connectivity index is 1.87. The van der Waals surface area contributed by atoms with E-state index in [1.54, 1.807) is 0 Å². The first-order chi connectivity index (χ1) is 10.0. The smallest absolute Gasteiger partial charge is 0.309 e. The van der Waals surface area contributed by atoms with E-state index < -0.39 is 0 Å². The molecule has 0 aromatic carbocycles. The Hall–Kier alpha value is -1.85. The predicted octanol–water partition coefficient (Wildman–Crippen LogP) is 1.37. The monoisotopic (exact) mass is 293 g/mol. The summed E-state index contributed by atoms with van der Waals surface area (Å²) in [6.45, 7) is 7.30. The van der Waals surface area contributed by atoms with Crippen molar-refractivity contribution < 1.29 is 14.3 Å². The summed E-state index contributed by atoms with van der Waals surface area (Å²) in [4.78, 5) is 25.9. The number of nitrogens with zero attached hydrogens (tertiary/aromatic N) is 2. The van der Waals surface area contributed by atoms with E-state index in [0.717, 1.165) is 17.0 Å². The number of aryl methyl sites for hydroxylation is 2. The van der Waals surface area contributed by atoms with Gasteiger partial charge in [0.25, 0.3) is 0 Å². The lowest BCUT2D eigenvalue weighted by Crippen LogP contribution is -2.41. The average Bonchev–Trinajstić information content (AvgIpc) is 2.79. The Kier molecular flexibility index (Phi) is 4.98. The van der Waals surface area contributed by atoms with Crippen molar-refractivity contribution in [2.24, 2.45) is 5.92 Å². The number of nitrogens with one attached hydrogen (secondary N) is 1. The van der Waals surface area contributed by atoms with Crippen LogP contribution in [-0.4, -0.2) is 46.7 Å². The molecule has 0 bridgehead atoms. The van der Waals surface area contributed by atoms with Crippen LogP contribution >= 0.6 is 0 Å². The second kappa shape index (κ2) is 6.74. The molecule has 0 saturated carbocycles. The molecule has 6 heteroatoms. The molecule has 1 amide bonds. The summed E-state index contributed by atoms with van der Waals surface area (Å²) in [5.74, 6) is -0.0950. The largest absolute Gasteiger partial charge is 0.466 e. The highest BCUT2D eigenvalue weighted by atomic mass is 16.5. The van der Waals surface area contributed by atoms with Gasteiger partial charge in [0, 0.05) is 24.3 Å². The number of carbonyl (C=O) groups is 2. The van der Waals surface area contributed by atoms with Crippen molar-refractivity contribution in [3.8, 4) is 0 Å². The molecule has 116 valence electrons. The molecular formula is C15H23N3O3. The van der Waals surface area contributed by atoms with Crippen LogP contribution in [0.3, 0.4) is 0 Å². The second-order valence-corrected chi connectivity index (χ2v) is 5.50. The maximum Gasteiger partial charge on any atom is 0.309 e. The van der Waals surface area contributed by atoms with Gasteiger partial charge >= 0.3 is 5.97 Å². The van der Waals surface area contributed by atoms with Gasteiger partial charge in [0.15, 0.2) is 0 Å². The molecule has 2 rings (SSSR count). The zero-order valence-electron chi connectivity index (χ0n) is 12.9. The number of piperidine rings is 1. The summed E-state index contributed by atoms with van der Waals surface area (Å²) >= 11 is 0. The lowest BCUT2D eigenvalue weighted by atomic mass is 9.96. The van der Waals surface area contributed by atoms with Crippen molar-refractivity contribution in [1.29, 1.82) is 0 Å². The molecule has 0 unspecified atom stereocenters. The predicted molar refractivity (Wildman–Crippen MR) is 77.7 cm³/mol. The van der Waals surface area contributed by atoms with Crippen LogP contribution in [0.5, 0.6) is 0 Å². The first-order valence-electron chi connectivity index (χ1n) is 7.47. The number of H-pyrrole nitrogens is 1. The van der Waals surface area contributed by atoms with Gasteiger partial charge in [-0.25, -0.2) is 0 Å². The van der Waals surface area contributed by atoms with Crippen LogP contribution in [0, 0.1) is 19.8 Å². The van der Waals surface area contributed by atoms with Gasteiger partial charge in [0.2, 0.25) is 5.91 Å². The van der Waals surface area contributed by atoms with E-state index in [9.17, 15) is 9.59 Å². The van der Waals surface area contributed by atoms with Crippen molar-refractivity contribution in [3.05, 3.63) is 17.0 Å². The third-order valence-electron chi connectivity index (χ3n) is 4.08. The molecule has 1 aromatic rings. The maximum atomic E-state index is 12.3. The van der Waals surface area contributed by atoms with Gasteiger partial charge in [-0.15, -0.1) is 0 Å². The molecule has 0 spiro atoms. The number of hydrogen-bond donors (Lipinski definition) is 1. The first-order valence-corrected chi connectivity index (χ1v) is 7.47. The standard InChI is InChI=1S/C15H23N3O3/c1-4-21-15(20)12-5-7-18(8-6-12)14(19)9-13-10(2)16-17-11(13)3/h12H,4-9H2,1-3H3,(H,16,17). The Morgan fingerprint density at radius 1 is 1.33 bits per heavy atom. The molecule has 1 fully saturated rings. The third kappa shape index (κ3) is 3.62. The third-order valence-corrected chi connectivity index (χ3v) is 4.08. The van der Waals surface area contributed by atoms with E-state index in [4.69, 9.17) is 4.74 Å². The van der Waals surface area contributed by atoms with Gasteiger partial charge in [0.1, 0.15) is 0 Å². The first kappa shape index (κ1) is 15.5. The quantitative estimate of drug-likeness (QED) is 0.851. The molecule has 1 aliphatic heterocycles. The van der Waals surface area contributed by atoms with Crippen molar-refractivity contribution in [2.75, 3.05) is 19.7 Å². The zero-order valence-corrected chi connectivity index (χ0v) is 12.9. The maximum absolute atomic E-state index is 12.3. The van der Waals surface area contributed by atoms with Gasteiger partial charge in [-0.05, 0) is 33.6 Å². The molecule has 0 atom stereocenters.